The van der Waals surface area contributed by atoms with Crippen LogP contribution in [0.25, 0.3) is 0 Å². The van der Waals surface area contributed by atoms with E-state index in [2.05, 4.69) is 11.4 Å². The molecule has 0 bridgehead atoms. The Balaban J connectivity index is 1.92. The van der Waals surface area contributed by atoms with Crippen molar-refractivity contribution in [2.24, 2.45) is 0 Å². The van der Waals surface area contributed by atoms with Crippen molar-refractivity contribution in [3.63, 3.8) is 0 Å². The summed E-state index contributed by atoms with van der Waals surface area (Å²) in [5.41, 5.74) is 3.61. The predicted molar refractivity (Wildman–Crippen MR) is 99.0 cm³/mol. The molecule has 2 aromatic rings. The third-order valence-corrected chi connectivity index (χ3v) is 4.89. The summed E-state index contributed by atoms with van der Waals surface area (Å²) < 4.78 is 0. The summed E-state index contributed by atoms with van der Waals surface area (Å²) in [4.78, 5) is 27.0. The Bertz CT molecular complexity index is 789. The molecule has 0 radical (unpaired) electrons. The van der Waals surface area contributed by atoms with Crippen LogP contribution in [0.1, 0.15) is 29.3 Å². The summed E-state index contributed by atoms with van der Waals surface area (Å²) in [6.07, 6.45) is 3.92. The van der Waals surface area contributed by atoms with Gasteiger partial charge in [0.15, 0.2) is 0 Å². The van der Waals surface area contributed by atoms with Gasteiger partial charge in [-0.25, -0.2) is 0 Å². The number of hydrogen-bond donors (Lipinski definition) is 1. The fourth-order valence-electron chi connectivity index (χ4n) is 3.02. The molecule has 0 fully saturated rings. The van der Waals surface area contributed by atoms with Gasteiger partial charge in [0.1, 0.15) is 0 Å². The highest BCUT2D eigenvalue weighted by molar-refractivity contribution is 7.98. The van der Waals surface area contributed by atoms with Crippen LogP contribution in [0.15, 0.2) is 47.4 Å². The highest BCUT2D eigenvalue weighted by Gasteiger charge is 2.23. The van der Waals surface area contributed by atoms with Crippen molar-refractivity contribution in [3.05, 3.63) is 53.6 Å². The summed E-state index contributed by atoms with van der Waals surface area (Å²) in [7, 11) is 0. The highest BCUT2D eigenvalue weighted by Crippen LogP contribution is 2.31. The molecule has 24 heavy (non-hydrogen) atoms. The lowest BCUT2D eigenvalue weighted by atomic mass is 10.0. The summed E-state index contributed by atoms with van der Waals surface area (Å²) >= 11 is 1.52. The Morgan fingerprint density at radius 2 is 1.96 bits per heavy atom. The number of anilines is 2. The van der Waals surface area contributed by atoms with Crippen LogP contribution >= 0.6 is 11.8 Å². The van der Waals surface area contributed by atoms with Gasteiger partial charge < -0.3 is 10.2 Å². The zero-order valence-corrected chi connectivity index (χ0v) is 14.7. The van der Waals surface area contributed by atoms with Gasteiger partial charge in [0.25, 0.3) is 5.91 Å². The van der Waals surface area contributed by atoms with E-state index in [0.29, 0.717) is 5.56 Å². The van der Waals surface area contributed by atoms with Gasteiger partial charge in [-0.2, -0.15) is 0 Å². The van der Waals surface area contributed by atoms with Crippen LogP contribution in [0.2, 0.25) is 0 Å². The number of amides is 2. The average molecular weight is 340 g/mol. The fraction of sp³-hybridized carbons (Fsp3) is 0.263. The Morgan fingerprint density at radius 1 is 1.17 bits per heavy atom. The number of thioether (sulfide) groups is 1. The molecule has 0 spiro atoms. The maximum Gasteiger partial charge on any atom is 0.258 e. The molecule has 3 rings (SSSR count). The average Bonchev–Trinajstić information content (AvgIpc) is 2.60. The molecule has 124 valence electrons. The molecular weight excluding hydrogens is 320 g/mol. The molecule has 0 aromatic heterocycles. The number of hydrogen-bond acceptors (Lipinski definition) is 3. The molecule has 0 saturated carbocycles. The normalized spacial score (nSPS) is 13.3. The predicted octanol–water partition coefficient (Wildman–Crippen LogP) is 3.96. The van der Waals surface area contributed by atoms with Gasteiger partial charge in [0.05, 0.1) is 5.69 Å². The number of para-hydroxylation sites is 1. The van der Waals surface area contributed by atoms with E-state index < -0.39 is 0 Å². The van der Waals surface area contributed by atoms with Crippen LogP contribution in [0.5, 0.6) is 0 Å². The Labute approximate surface area is 146 Å². The van der Waals surface area contributed by atoms with Gasteiger partial charge in [-0.1, -0.05) is 18.2 Å². The quantitative estimate of drug-likeness (QED) is 0.861. The summed E-state index contributed by atoms with van der Waals surface area (Å²) in [5.74, 6) is -0.110. The van der Waals surface area contributed by atoms with E-state index in [1.807, 2.05) is 35.4 Å². The molecule has 1 aliphatic rings. The first-order chi connectivity index (χ1) is 11.6. The van der Waals surface area contributed by atoms with Gasteiger partial charge in [0.2, 0.25) is 5.91 Å². The summed E-state index contributed by atoms with van der Waals surface area (Å²) in [5, 5.41) is 2.80. The van der Waals surface area contributed by atoms with E-state index >= 15 is 0 Å². The van der Waals surface area contributed by atoms with Crippen molar-refractivity contribution in [1.82, 2.24) is 0 Å². The molecule has 0 aliphatic carbocycles. The molecule has 4 nitrogen and oxygen atoms in total. The van der Waals surface area contributed by atoms with Crippen LogP contribution in [-0.2, 0) is 11.2 Å². The second-order valence-corrected chi connectivity index (χ2v) is 6.63. The van der Waals surface area contributed by atoms with Gasteiger partial charge in [-0.05, 0) is 48.9 Å². The van der Waals surface area contributed by atoms with Crippen LogP contribution in [0.3, 0.4) is 0 Å². The molecule has 2 amide bonds. The van der Waals surface area contributed by atoms with E-state index in [4.69, 9.17) is 0 Å². The maximum absolute atomic E-state index is 13.0. The number of nitrogens with zero attached hydrogens (tertiary/aromatic N) is 1. The Kier molecular flexibility index (Phi) is 4.90. The molecular formula is C19H20N2O2S. The van der Waals surface area contributed by atoms with Gasteiger partial charge in [-0.3, -0.25) is 9.59 Å². The Morgan fingerprint density at radius 3 is 2.71 bits per heavy atom. The molecule has 5 heteroatoms. The van der Waals surface area contributed by atoms with Crippen molar-refractivity contribution in [3.8, 4) is 0 Å². The number of rotatable bonds is 3. The minimum absolute atomic E-state index is 0.00632. The third-order valence-electron chi connectivity index (χ3n) is 4.11. The number of carbonyl (C=O) groups excluding carboxylic acids is 2. The molecule has 1 heterocycles. The smallest absolute Gasteiger partial charge is 0.258 e. The monoisotopic (exact) mass is 340 g/mol. The largest absolute Gasteiger partial charge is 0.325 e. The van der Waals surface area contributed by atoms with E-state index in [-0.39, 0.29) is 11.8 Å². The number of carbonyl (C=O) groups is 2. The fourth-order valence-corrected chi connectivity index (χ4v) is 3.60. The standard InChI is InChI=1S/C19H20N2O2S/c1-13(22)20-16-10-9-15(12-18(16)24-2)19(23)21-11-5-7-14-6-3-4-8-17(14)21/h3-4,6,8-10,12H,5,7,11H2,1-2H3,(H,20,22). The zero-order chi connectivity index (χ0) is 17.1. The lowest BCUT2D eigenvalue weighted by molar-refractivity contribution is -0.114. The number of fused-ring (bicyclic) bond motifs is 1. The van der Waals surface area contributed by atoms with Crippen LogP contribution in [-0.4, -0.2) is 24.6 Å². The molecule has 1 N–H and O–H groups in total. The van der Waals surface area contributed by atoms with Crippen LogP contribution < -0.4 is 10.2 Å². The Hall–Kier alpha value is -2.27. The summed E-state index contributed by atoms with van der Waals surface area (Å²) in [6.45, 7) is 2.21. The second-order valence-electron chi connectivity index (χ2n) is 5.79. The van der Waals surface area contributed by atoms with Gasteiger partial charge >= 0.3 is 0 Å². The van der Waals surface area contributed by atoms with E-state index in [1.165, 1.54) is 24.2 Å². The zero-order valence-electron chi connectivity index (χ0n) is 13.8. The second kappa shape index (κ2) is 7.09. The first-order valence-electron chi connectivity index (χ1n) is 7.95. The first-order valence-corrected chi connectivity index (χ1v) is 9.18. The number of benzene rings is 2. The maximum atomic E-state index is 13.0. The van der Waals surface area contributed by atoms with Crippen molar-refractivity contribution < 1.29 is 9.59 Å². The van der Waals surface area contributed by atoms with Crippen molar-refractivity contribution in [2.75, 3.05) is 23.0 Å². The first kappa shape index (κ1) is 16.6. The molecule has 2 aromatic carbocycles. The van der Waals surface area contributed by atoms with Crippen LogP contribution in [0.4, 0.5) is 11.4 Å². The van der Waals surface area contributed by atoms with Crippen molar-refractivity contribution in [1.29, 1.82) is 0 Å². The number of aryl methyl sites for hydroxylation is 1. The highest BCUT2D eigenvalue weighted by atomic mass is 32.2. The van der Waals surface area contributed by atoms with Crippen LogP contribution in [0, 0.1) is 0 Å². The molecule has 0 saturated heterocycles. The topological polar surface area (TPSA) is 49.4 Å². The number of nitrogens with one attached hydrogen (secondary N) is 1. The molecule has 1 aliphatic heterocycles. The van der Waals surface area contributed by atoms with Crippen molar-refractivity contribution >= 4 is 35.0 Å². The van der Waals surface area contributed by atoms with E-state index in [1.54, 1.807) is 12.1 Å². The van der Waals surface area contributed by atoms with Gasteiger partial charge in [0, 0.05) is 29.6 Å². The van der Waals surface area contributed by atoms with Gasteiger partial charge in [-0.15, -0.1) is 11.8 Å². The minimum atomic E-state index is -0.116. The lowest BCUT2D eigenvalue weighted by Gasteiger charge is -2.29. The SMILES string of the molecule is CSc1cc(C(=O)N2CCCc3ccccc32)ccc1NC(C)=O. The van der Waals surface area contributed by atoms with Crippen molar-refractivity contribution in [2.45, 2.75) is 24.7 Å². The van der Waals surface area contributed by atoms with E-state index in [0.717, 1.165) is 35.7 Å². The molecule has 0 atom stereocenters. The lowest BCUT2D eigenvalue weighted by Crippen LogP contribution is -2.35. The molecule has 0 unspecified atom stereocenters. The van der Waals surface area contributed by atoms with E-state index in [9.17, 15) is 9.59 Å². The summed E-state index contributed by atoms with van der Waals surface area (Å²) in [6, 6.07) is 13.5. The minimum Gasteiger partial charge on any atom is -0.325 e. The third kappa shape index (κ3) is 3.31.